The zero-order valence-electron chi connectivity index (χ0n) is 13.0. The smallest absolute Gasteiger partial charge is 0.227 e. The maximum atomic E-state index is 12.7. The van der Waals surface area contributed by atoms with E-state index in [9.17, 15) is 4.79 Å². The van der Waals surface area contributed by atoms with Crippen molar-refractivity contribution in [3.63, 3.8) is 0 Å². The lowest BCUT2D eigenvalue weighted by molar-refractivity contribution is -0.119. The van der Waals surface area contributed by atoms with E-state index < -0.39 is 0 Å². The van der Waals surface area contributed by atoms with E-state index in [0.717, 1.165) is 38.2 Å². The van der Waals surface area contributed by atoms with Crippen LogP contribution in [0.15, 0.2) is 24.3 Å². The van der Waals surface area contributed by atoms with E-state index in [0.29, 0.717) is 24.2 Å². The molecule has 2 aliphatic heterocycles. The van der Waals surface area contributed by atoms with E-state index in [2.05, 4.69) is 30.4 Å². The zero-order valence-corrected chi connectivity index (χ0v) is 13.0. The first-order valence-electron chi connectivity index (χ1n) is 8.33. The molecule has 21 heavy (non-hydrogen) atoms. The Hall–Kier alpha value is -1.35. The Morgan fingerprint density at radius 3 is 3.05 bits per heavy atom. The summed E-state index contributed by atoms with van der Waals surface area (Å²) in [6, 6.07) is 8.38. The van der Waals surface area contributed by atoms with E-state index in [1.807, 2.05) is 11.0 Å². The second kappa shape index (κ2) is 6.61. The Morgan fingerprint density at radius 1 is 1.38 bits per heavy atom. The number of nitrogens with zero attached hydrogens (tertiary/aromatic N) is 1. The molecule has 3 heteroatoms. The molecule has 114 valence electrons. The van der Waals surface area contributed by atoms with E-state index in [1.54, 1.807) is 0 Å². The first-order chi connectivity index (χ1) is 10.2. The summed E-state index contributed by atoms with van der Waals surface area (Å²) < 4.78 is 0. The van der Waals surface area contributed by atoms with Crippen LogP contribution in [0.5, 0.6) is 0 Å². The predicted octanol–water partition coefficient (Wildman–Crippen LogP) is 2.99. The molecule has 1 amide bonds. The molecule has 2 unspecified atom stereocenters. The molecular formula is C18H26N2O. The highest BCUT2D eigenvalue weighted by Gasteiger charge is 2.26. The number of benzene rings is 1. The van der Waals surface area contributed by atoms with Gasteiger partial charge in [-0.25, -0.2) is 0 Å². The van der Waals surface area contributed by atoms with Gasteiger partial charge in [0.05, 0.1) is 0 Å². The number of carbonyl (C=O) groups is 1. The van der Waals surface area contributed by atoms with Crippen molar-refractivity contribution in [2.24, 2.45) is 11.8 Å². The summed E-state index contributed by atoms with van der Waals surface area (Å²) in [6.45, 7) is 5.34. The lowest BCUT2D eigenvalue weighted by Crippen LogP contribution is -2.39. The average molecular weight is 286 g/mol. The van der Waals surface area contributed by atoms with Gasteiger partial charge < -0.3 is 10.2 Å². The Morgan fingerprint density at radius 2 is 2.24 bits per heavy atom. The lowest BCUT2D eigenvalue weighted by atomic mass is 9.92. The molecule has 0 bridgehead atoms. The minimum absolute atomic E-state index is 0.305. The molecular weight excluding hydrogens is 260 g/mol. The zero-order chi connectivity index (χ0) is 14.7. The lowest BCUT2D eigenvalue weighted by Gasteiger charge is -2.33. The van der Waals surface area contributed by atoms with Gasteiger partial charge in [0.2, 0.25) is 5.91 Å². The summed E-state index contributed by atoms with van der Waals surface area (Å²) in [5.41, 5.74) is 2.46. The fourth-order valence-corrected chi connectivity index (χ4v) is 3.67. The van der Waals surface area contributed by atoms with Crippen LogP contribution >= 0.6 is 0 Å². The van der Waals surface area contributed by atoms with Gasteiger partial charge in [0.15, 0.2) is 0 Å². The van der Waals surface area contributed by atoms with Crippen molar-refractivity contribution in [1.29, 1.82) is 0 Å². The van der Waals surface area contributed by atoms with Crippen molar-refractivity contribution in [2.45, 2.75) is 39.0 Å². The van der Waals surface area contributed by atoms with Crippen molar-refractivity contribution >= 4 is 11.6 Å². The van der Waals surface area contributed by atoms with Crippen molar-refractivity contribution < 1.29 is 4.79 Å². The van der Waals surface area contributed by atoms with E-state index >= 15 is 0 Å². The molecule has 0 aliphatic carbocycles. The molecule has 1 N–H and O–H groups in total. The number of rotatable bonds is 3. The summed E-state index contributed by atoms with van der Waals surface area (Å²) in [7, 11) is 0. The van der Waals surface area contributed by atoms with Crippen LogP contribution in [0.3, 0.4) is 0 Å². The van der Waals surface area contributed by atoms with Crippen LogP contribution < -0.4 is 10.2 Å². The van der Waals surface area contributed by atoms with Crippen LogP contribution in [0.2, 0.25) is 0 Å². The van der Waals surface area contributed by atoms with Crippen molar-refractivity contribution in [3.8, 4) is 0 Å². The fraction of sp³-hybridized carbons (Fsp3) is 0.611. The Bertz CT molecular complexity index is 494. The predicted molar refractivity (Wildman–Crippen MR) is 86.5 cm³/mol. The Kier molecular flexibility index (Phi) is 4.59. The molecule has 0 radical (unpaired) electrons. The van der Waals surface area contributed by atoms with Gasteiger partial charge >= 0.3 is 0 Å². The van der Waals surface area contributed by atoms with Crippen LogP contribution in [0, 0.1) is 11.8 Å². The van der Waals surface area contributed by atoms with Gasteiger partial charge in [0.25, 0.3) is 0 Å². The number of anilines is 1. The van der Waals surface area contributed by atoms with Crippen molar-refractivity contribution in [2.75, 3.05) is 24.5 Å². The van der Waals surface area contributed by atoms with Crippen molar-refractivity contribution in [1.82, 2.24) is 5.32 Å². The molecule has 0 saturated carbocycles. The Labute approximate surface area is 127 Å². The SMILES string of the molecule is CC1Cc2ccccc2N(C(=O)CCC2CCCNC2)C1. The number of fused-ring (bicyclic) bond motifs is 1. The molecule has 2 aliphatic rings. The molecule has 1 aromatic carbocycles. The monoisotopic (exact) mass is 286 g/mol. The molecule has 2 heterocycles. The van der Waals surface area contributed by atoms with Crippen LogP contribution in [-0.4, -0.2) is 25.5 Å². The van der Waals surface area contributed by atoms with Gasteiger partial charge in [-0.15, -0.1) is 0 Å². The van der Waals surface area contributed by atoms with Crippen LogP contribution in [0.25, 0.3) is 0 Å². The highest BCUT2D eigenvalue weighted by molar-refractivity contribution is 5.94. The normalized spacial score (nSPS) is 25.5. The van der Waals surface area contributed by atoms with Gasteiger partial charge in [-0.3, -0.25) is 4.79 Å². The minimum atomic E-state index is 0.305. The topological polar surface area (TPSA) is 32.3 Å². The van der Waals surface area contributed by atoms with Gasteiger partial charge in [0.1, 0.15) is 0 Å². The molecule has 1 aromatic rings. The highest BCUT2D eigenvalue weighted by atomic mass is 16.2. The number of amides is 1. The standard InChI is InChI=1S/C18H26N2O/c1-14-11-16-6-2-3-7-17(16)20(13-14)18(21)9-8-15-5-4-10-19-12-15/h2-3,6-7,14-15,19H,4-5,8-13H2,1H3. The molecule has 1 saturated heterocycles. The summed E-state index contributed by atoms with van der Waals surface area (Å²) in [5.74, 6) is 1.54. The summed E-state index contributed by atoms with van der Waals surface area (Å²) >= 11 is 0. The molecule has 3 nitrogen and oxygen atoms in total. The van der Waals surface area contributed by atoms with Gasteiger partial charge in [0, 0.05) is 18.7 Å². The summed E-state index contributed by atoms with van der Waals surface area (Å²) in [4.78, 5) is 14.7. The van der Waals surface area contributed by atoms with Gasteiger partial charge in [-0.05, 0) is 62.2 Å². The second-order valence-electron chi connectivity index (χ2n) is 6.69. The maximum absolute atomic E-state index is 12.7. The first-order valence-corrected chi connectivity index (χ1v) is 8.33. The molecule has 2 atom stereocenters. The van der Waals surface area contributed by atoms with Crippen molar-refractivity contribution in [3.05, 3.63) is 29.8 Å². The number of nitrogens with one attached hydrogen (secondary N) is 1. The van der Waals surface area contributed by atoms with E-state index in [4.69, 9.17) is 0 Å². The number of carbonyl (C=O) groups excluding carboxylic acids is 1. The summed E-state index contributed by atoms with van der Waals surface area (Å²) in [6.07, 6.45) is 5.33. The number of para-hydroxylation sites is 1. The van der Waals surface area contributed by atoms with Gasteiger partial charge in [-0.1, -0.05) is 25.1 Å². The summed E-state index contributed by atoms with van der Waals surface area (Å²) in [5, 5.41) is 3.44. The third kappa shape index (κ3) is 3.46. The third-order valence-corrected chi connectivity index (χ3v) is 4.81. The average Bonchev–Trinajstić information content (AvgIpc) is 2.52. The first kappa shape index (κ1) is 14.6. The molecule has 0 spiro atoms. The third-order valence-electron chi connectivity index (χ3n) is 4.81. The maximum Gasteiger partial charge on any atom is 0.227 e. The largest absolute Gasteiger partial charge is 0.316 e. The number of piperidine rings is 1. The number of hydrogen-bond donors (Lipinski definition) is 1. The molecule has 0 aromatic heterocycles. The van der Waals surface area contributed by atoms with Crippen LogP contribution in [0.1, 0.15) is 38.2 Å². The van der Waals surface area contributed by atoms with E-state index in [1.165, 1.54) is 18.4 Å². The van der Waals surface area contributed by atoms with E-state index in [-0.39, 0.29) is 0 Å². The van der Waals surface area contributed by atoms with Crippen LogP contribution in [0.4, 0.5) is 5.69 Å². The quantitative estimate of drug-likeness (QED) is 0.926. The Balaban J connectivity index is 1.64. The molecule has 1 fully saturated rings. The highest BCUT2D eigenvalue weighted by Crippen LogP contribution is 2.30. The van der Waals surface area contributed by atoms with Gasteiger partial charge in [-0.2, -0.15) is 0 Å². The minimum Gasteiger partial charge on any atom is -0.316 e. The molecule has 3 rings (SSSR count). The second-order valence-corrected chi connectivity index (χ2v) is 6.69. The van der Waals surface area contributed by atoms with Crippen LogP contribution in [-0.2, 0) is 11.2 Å². The fourth-order valence-electron chi connectivity index (χ4n) is 3.67. The number of hydrogen-bond acceptors (Lipinski definition) is 2.